The van der Waals surface area contributed by atoms with E-state index in [1.807, 2.05) is 13.8 Å². The normalized spacial score (nSPS) is 15.1. The van der Waals surface area contributed by atoms with Crippen LogP contribution in [0.15, 0.2) is 11.8 Å². The average Bonchev–Trinajstić information content (AvgIpc) is 2.32. The van der Waals surface area contributed by atoms with Gasteiger partial charge in [-0.05, 0) is 18.8 Å². The van der Waals surface area contributed by atoms with Crippen molar-refractivity contribution >= 4 is 12.3 Å². The summed E-state index contributed by atoms with van der Waals surface area (Å²) in [6.07, 6.45) is 1.63. The fourth-order valence-electron chi connectivity index (χ4n) is 2.21. The summed E-state index contributed by atoms with van der Waals surface area (Å²) in [7, 11) is 0. The van der Waals surface area contributed by atoms with Gasteiger partial charge in [0.05, 0.1) is 23.5 Å². The monoisotopic (exact) mass is 285 g/mol. The fourth-order valence-corrected chi connectivity index (χ4v) is 2.21. The van der Waals surface area contributed by atoms with Gasteiger partial charge in [-0.3, -0.25) is 10.1 Å². The first kappa shape index (κ1) is 18.3. The van der Waals surface area contributed by atoms with Crippen LogP contribution in [0, 0.1) is 33.8 Å². The lowest BCUT2D eigenvalue weighted by molar-refractivity contribution is -0.436. The molecule has 0 bridgehead atoms. The minimum atomic E-state index is -0.752. The second kappa shape index (κ2) is 8.45. The van der Waals surface area contributed by atoms with Crippen LogP contribution in [0.2, 0.25) is 0 Å². The van der Waals surface area contributed by atoms with Crippen LogP contribution in [0.5, 0.6) is 0 Å². The van der Waals surface area contributed by atoms with Crippen LogP contribution >= 0.6 is 0 Å². The van der Waals surface area contributed by atoms with Crippen molar-refractivity contribution in [1.82, 2.24) is 0 Å². The van der Waals surface area contributed by atoms with Crippen molar-refractivity contribution in [3.63, 3.8) is 0 Å². The number of hydrogen-bond acceptors (Lipinski definition) is 5. The number of rotatable bonds is 8. The molecule has 6 heteroatoms. The minimum absolute atomic E-state index is 0.0505. The molecule has 6 nitrogen and oxygen atoms in total. The molecule has 0 aliphatic heterocycles. The maximum atomic E-state index is 11.5. The highest BCUT2D eigenvalue weighted by atomic mass is 16.6. The van der Waals surface area contributed by atoms with Gasteiger partial charge in [0, 0.05) is 5.92 Å². The summed E-state index contributed by atoms with van der Waals surface area (Å²) >= 11 is 0. The average molecular weight is 285 g/mol. The zero-order valence-electron chi connectivity index (χ0n) is 12.7. The Morgan fingerprint density at radius 2 is 1.80 bits per heavy atom. The van der Waals surface area contributed by atoms with Crippen LogP contribution in [0.25, 0.3) is 0 Å². The van der Waals surface area contributed by atoms with E-state index >= 15 is 0 Å². The number of ether oxygens (including phenoxy) is 1. The van der Waals surface area contributed by atoms with Gasteiger partial charge in [-0.2, -0.15) is 0 Å². The molecular weight excluding hydrogens is 262 g/mol. The van der Waals surface area contributed by atoms with Crippen LogP contribution in [0.3, 0.4) is 0 Å². The van der Waals surface area contributed by atoms with Crippen molar-refractivity contribution < 1.29 is 19.2 Å². The first-order chi connectivity index (χ1) is 9.26. The maximum Gasteiger partial charge on any atom is 0.337 e. The lowest BCUT2D eigenvalue weighted by Crippen LogP contribution is -2.31. The molecule has 0 unspecified atom stereocenters. The molecule has 0 spiro atoms. The van der Waals surface area contributed by atoms with Crippen molar-refractivity contribution in [1.29, 1.82) is 0 Å². The third-order valence-corrected chi connectivity index (χ3v) is 3.16. The molecule has 20 heavy (non-hydrogen) atoms. The summed E-state index contributed by atoms with van der Waals surface area (Å²) < 4.78 is 4.72. The lowest BCUT2D eigenvalue weighted by Gasteiger charge is -2.26. The number of hydrogen-bond donors (Lipinski definition) is 0. The second-order valence-electron chi connectivity index (χ2n) is 5.31. The van der Waals surface area contributed by atoms with Crippen LogP contribution in [0.4, 0.5) is 0 Å². The molecule has 0 heterocycles. The molecule has 0 aliphatic carbocycles. The molecule has 0 saturated heterocycles. The molecule has 0 rings (SSSR count). The van der Waals surface area contributed by atoms with Crippen LogP contribution in [-0.2, 0) is 14.3 Å². The van der Waals surface area contributed by atoms with Gasteiger partial charge in [0.1, 0.15) is 6.29 Å². The van der Waals surface area contributed by atoms with Gasteiger partial charge >= 0.3 is 5.97 Å². The van der Waals surface area contributed by atoms with E-state index in [2.05, 4.69) is 0 Å². The SMILES string of the molecule is CCOC(=O)/C=C(/[C@H](C(C)C)[C@H](C=O)C(C)C)[N+](=O)[O-]. The molecule has 0 aromatic heterocycles. The lowest BCUT2D eigenvalue weighted by atomic mass is 9.76. The number of nitro groups is 1. The molecular formula is C14H23NO5. The minimum Gasteiger partial charge on any atom is -0.463 e. The summed E-state index contributed by atoms with van der Waals surface area (Å²) in [5, 5.41) is 11.2. The molecule has 0 radical (unpaired) electrons. The van der Waals surface area contributed by atoms with E-state index in [1.54, 1.807) is 20.8 Å². The molecule has 0 aromatic rings. The summed E-state index contributed by atoms with van der Waals surface area (Å²) in [5.74, 6) is -2.07. The summed E-state index contributed by atoms with van der Waals surface area (Å²) in [4.78, 5) is 33.4. The van der Waals surface area contributed by atoms with E-state index in [0.29, 0.717) is 0 Å². The summed E-state index contributed by atoms with van der Waals surface area (Å²) in [6.45, 7) is 9.03. The zero-order valence-corrected chi connectivity index (χ0v) is 12.7. The third kappa shape index (κ3) is 5.11. The van der Waals surface area contributed by atoms with Crippen molar-refractivity contribution in [2.24, 2.45) is 23.7 Å². The number of aldehydes is 1. The van der Waals surface area contributed by atoms with E-state index in [4.69, 9.17) is 4.74 Å². The summed E-state index contributed by atoms with van der Waals surface area (Å²) in [5.41, 5.74) is -0.260. The Morgan fingerprint density at radius 1 is 1.25 bits per heavy atom. The number of carbonyl (C=O) groups is 2. The Balaban J connectivity index is 5.63. The standard InChI is InChI=1S/C14H23NO5/c1-6-20-13(17)7-12(15(18)19)14(10(4)5)11(8-16)9(2)3/h7-11,14H,6H2,1-5H3/b12-7-/t11-,14-/m1/s1. The predicted molar refractivity (Wildman–Crippen MR) is 74.4 cm³/mol. The number of nitrogens with zero attached hydrogens (tertiary/aromatic N) is 1. The number of carbonyl (C=O) groups excluding carboxylic acids is 2. The van der Waals surface area contributed by atoms with Gasteiger partial charge in [0.15, 0.2) is 0 Å². The van der Waals surface area contributed by atoms with Crippen molar-refractivity contribution in [2.75, 3.05) is 6.61 Å². The van der Waals surface area contributed by atoms with Gasteiger partial charge in [-0.15, -0.1) is 0 Å². The van der Waals surface area contributed by atoms with E-state index in [9.17, 15) is 19.7 Å². The van der Waals surface area contributed by atoms with E-state index in [1.165, 1.54) is 0 Å². The van der Waals surface area contributed by atoms with Crippen molar-refractivity contribution in [2.45, 2.75) is 34.6 Å². The number of allylic oxidation sites excluding steroid dienone is 1. The Labute approximate surface area is 119 Å². The van der Waals surface area contributed by atoms with Crippen molar-refractivity contribution in [3.8, 4) is 0 Å². The van der Waals surface area contributed by atoms with E-state index in [0.717, 1.165) is 12.4 Å². The van der Waals surface area contributed by atoms with Crippen LogP contribution in [0.1, 0.15) is 34.6 Å². The fraction of sp³-hybridized carbons (Fsp3) is 0.714. The molecule has 2 atom stereocenters. The molecule has 0 aromatic carbocycles. The molecule has 0 aliphatic rings. The summed E-state index contributed by atoms with van der Waals surface area (Å²) in [6, 6.07) is 0. The van der Waals surface area contributed by atoms with Gasteiger partial charge < -0.3 is 9.53 Å². The topological polar surface area (TPSA) is 86.5 Å². The molecule has 0 N–H and O–H groups in total. The Morgan fingerprint density at radius 3 is 2.10 bits per heavy atom. The van der Waals surface area contributed by atoms with Gasteiger partial charge in [-0.1, -0.05) is 27.7 Å². The largest absolute Gasteiger partial charge is 0.463 e. The van der Waals surface area contributed by atoms with Crippen LogP contribution in [-0.4, -0.2) is 23.8 Å². The Kier molecular flexibility index (Phi) is 7.72. The molecule has 0 fully saturated rings. The van der Waals surface area contributed by atoms with Gasteiger partial charge in [0.2, 0.25) is 0 Å². The first-order valence-corrected chi connectivity index (χ1v) is 6.74. The van der Waals surface area contributed by atoms with Crippen molar-refractivity contribution in [3.05, 3.63) is 21.9 Å². The third-order valence-electron chi connectivity index (χ3n) is 3.16. The zero-order chi connectivity index (χ0) is 15.9. The van der Waals surface area contributed by atoms with Gasteiger partial charge in [0.25, 0.3) is 5.70 Å². The quantitative estimate of drug-likeness (QED) is 0.225. The van der Waals surface area contributed by atoms with E-state index < -0.39 is 22.7 Å². The second-order valence-corrected chi connectivity index (χ2v) is 5.31. The smallest absolute Gasteiger partial charge is 0.337 e. The first-order valence-electron chi connectivity index (χ1n) is 6.74. The Hall–Kier alpha value is -1.72. The van der Waals surface area contributed by atoms with Gasteiger partial charge in [-0.25, -0.2) is 4.79 Å². The highest BCUT2D eigenvalue weighted by Crippen LogP contribution is 2.32. The number of esters is 1. The van der Waals surface area contributed by atoms with E-state index in [-0.39, 0.29) is 24.1 Å². The highest BCUT2D eigenvalue weighted by molar-refractivity contribution is 5.82. The Bertz CT molecular complexity index is 387. The molecule has 114 valence electrons. The van der Waals surface area contributed by atoms with Crippen LogP contribution < -0.4 is 0 Å². The molecule has 0 saturated carbocycles. The molecule has 0 amide bonds. The maximum absolute atomic E-state index is 11.5. The predicted octanol–water partition coefficient (Wildman–Crippen LogP) is 2.45. The highest BCUT2D eigenvalue weighted by Gasteiger charge is 2.37.